The third kappa shape index (κ3) is 4.02. The second-order valence-electron chi connectivity index (χ2n) is 9.85. The fraction of sp³-hybridized carbons (Fsp3) is 0. The molecule has 0 radical (unpaired) electrons. The molecule has 206 valence electrons. The van der Waals surface area contributed by atoms with E-state index in [-0.39, 0.29) is 5.69 Å². The highest BCUT2D eigenvalue weighted by Gasteiger charge is 2.16. The summed E-state index contributed by atoms with van der Waals surface area (Å²) in [5, 5.41) is 3.63. The van der Waals surface area contributed by atoms with Gasteiger partial charge in [0.25, 0.3) is 0 Å². The van der Waals surface area contributed by atoms with Gasteiger partial charge in [-0.1, -0.05) is 96.8 Å². The van der Waals surface area contributed by atoms with E-state index >= 15 is 0 Å². The SMILES string of the molecule is [2H]c1c([2H])c([2H])c(-c2nc(-c3c([2H])c([2H])c([2H])c([2H])c3[2H])nc(-c3c([2H])c([2H])c(-n4c5ccccc5c5cc6sc7ccccc7c6cc54)c([2H])c3[2H])n2)c([2H])c1[2H]. The first kappa shape index (κ1) is 14.7. The molecular formula is C39H24N4S. The van der Waals surface area contributed by atoms with E-state index < -0.39 is 119 Å². The highest BCUT2D eigenvalue weighted by molar-refractivity contribution is 7.25. The van der Waals surface area contributed by atoms with Gasteiger partial charge in [-0.25, -0.2) is 15.0 Å². The highest BCUT2D eigenvalue weighted by atomic mass is 32.1. The summed E-state index contributed by atoms with van der Waals surface area (Å²) in [6.07, 6.45) is 0. The van der Waals surface area contributed by atoms with Crippen molar-refractivity contribution in [3.8, 4) is 39.9 Å². The Morgan fingerprint density at radius 3 is 1.70 bits per heavy atom. The number of para-hydroxylation sites is 1. The Morgan fingerprint density at radius 1 is 0.477 bits per heavy atom. The molecule has 0 amide bonds. The maximum atomic E-state index is 9.40. The number of nitrogens with zero attached hydrogens (tertiary/aromatic N) is 4. The Morgan fingerprint density at radius 2 is 1.05 bits per heavy atom. The summed E-state index contributed by atoms with van der Waals surface area (Å²) in [6, 6.07) is 10.1. The van der Waals surface area contributed by atoms with E-state index in [4.69, 9.17) is 13.7 Å². The third-order valence-electron chi connectivity index (χ3n) is 7.31. The molecular weight excluding hydrogens is 557 g/mol. The molecule has 44 heavy (non-hydrogen) atoms. The lowest BCUT2D eigenvalue weighted by Gasteiger charge is -2.11. The number of hydrogen-bond donors (Lipinski definition) is 0. The summed E-state index contributed by atoms with van der Waals surface area (Å²) in [4.78, 5) is 13.0. The van der Waals surface area contributed by atoms with Gasteiger partial charge >= 0.3 is 0 Å². The first-order valence-corrected chi connectivity index (χ1v) is 14.3. The molecule has 4 nitrogen and oxygen atoms in total. The number of fused-ring (bicyclic) bond motifs is 6. The molecule has 0 spiro atoms. The molecule has 3 aromatic heterocycles. The summed E-state index contributed by atoms with van der Waals surface area (Å²) in [6.45, 7) is 0. The van der Waals surface area contributed by atoms with Gasteiger partial charge in [0.2, 0.25) is 0 Å². The number of benzene rings is 6. The van der Waals surface area contributed by atoms with Crippen LogP contribution in [0.5, 0.6) is 0 Å². The zero-order valence-electron chi connectivity index (χ0n) is 36.5. The molecule has 0 saturated heterocycles. The monoisotopic (exact) mass is 594 g/mol. The molecule has 0 aliphatic rings. The van der Waals surface area contributed by atoms with Gasteiger partial charge < -0.3 is 4.57 Å². The van der Waals surface area contributed by atoms with Gasteiger partial charge in [0, 0.05) is 53.3 Å². The first-order chi connectivity index (χ1) is 27.6. The molecule has 9 aromatic rings. The van der Waals surface area contributed by atoms with Crippen LogP contribution in [0.3, 0.4) is 0 Å². The molecule has 0 aliphatic heterocycles. The fourth-order valence-electron chi connectivity index (χ4n) is 5.39. The van der Waals surface area contributed by atoms with E-state index in [1.807, 2.05) is 54.6 Å². The molecule has 0 N–H and O–H groups in total. The van der Waals surface area contributed by atoms with Gasteiger partial charge in [-0.2, -0.15) is 0 Å². The van der Waals surface area contributed by atoms with Gasteiger partial charge in [-0.15, -0.1) is 11.3 Å². The number of rotatable bonds is 4. The number of thiophene rings is 1. The second kappa shape index (κ2) is 9.97. The average Bonchev–Trinajstić information content (AvgIpc) is 3.74. The predicted octanol–water partition coefficient (Wildman–Crippen LogP) is 10.3. The minimum Gasteiger partial charge on any atom is -0.309 e. The minimum atomic E-state index is -0.727. The van der Waals surface area contributed by atoms with Crippen LogP contribution in [0.2, 0.25) is 0 Å². The maximum Gasteiger partial charge on any atom is 0.164 e. The Kier molecular flexibility index (Phi) is 3.33. The molecule has 5 heteroatoms. The van der Waals surface area contributed by atoms with Gasteiger partial charge in [-0.05, 0) is 48.4 Å². The highest BCUT2D eigenvalue weighted by Crippen LogP contribution is 2.40. The Hall–Kier alpha value is -5.65. The summed E-state index contributed by atoms with van der Waals surface area (Å²) >= 11 is 1.64. The summed E-state index contributed by atoms with van der Waals surface area (Å²) in [7, 11) is 0. The zero-order valence-corrected chi connectivity index (χ0v) is 23.3. The van der Waals surface area contributed by atoms with Crippen LogP contribution in [0.1, 0.15) is 19.2 Å². The van der Waals surface area contributed by atoms with Crippen molar-refractivity contribution in [3.63, 3.8) is 0 Å². The van der Waals surface area contributed by atoms with E-state index in [0.29, 0.717) is 11.0 Å². The largest absolute Gasteiger partial charge is 0.309 e. The van der Waals surface area contributed by atoms with Crippen molar-refractivity contribution >= 4 is 53.3 Å². The zero-order chi connectivity index (χ0) is 41.2. The predicted molar refractivity (Wildman–Crippen MR) is 183 cm³/mol. The quantitative estimate of drug-likeness (QED) is 0.204. The van der Waals surface area contributed by atoms with Crippen molar-refractivity contribution in [3.05, 3.63) is 145 Å². The molecule has 6 aromatic carbocycles. The fourth-order valence-corrected chi connectivity index (χ4v) is 6.52. The van der Waals surface area contributed by atoms with Crippen molar-refractivity contribution in [2.24, 2.45) is 0 Å². The van der Waals surface area contributed by atoms with Crippen LogP contribution in [-0.4, -0.2) is 19.5 Å². The minimum absolute atomic E-state index is 0.0745. The molecule has 3 heterocycles. The van der Waals surface area contributed by atoms with Crippen molar-refractivity contribution in [1.29, 1.82) is 0 Å². The lowest BCUT2D eigenvalue weighted by Crippen LogP contribution is -2.00. The summed E-state index contributed by atoms with van der Waals surface area (Å²) < 4.78 is 125. The van der Waals surface area contributed by atoms with E-state index in [2.05, 4.69) is 21.0 Å². The van der Waals surface area contributed by atoms with Crippen LogP contribution >= 0.6 is 11.3 Å². The molecule has 0 saturated carbocycles. The molecule has 0 atom stereocenters. The lowest BCUT2D eigenvalue weighted by molar-refractivity contribution is 1.07. The van der Waals surface area contributed by atoms with E-state index in [0.717, 1.165) is 30.9 Å². The third-order valence-corrected chi connectivity index (χ3v) is 8.45. The molecule has 0 fully saturated rings. The molecule has 0 aliphatic carbocycles. The molecule has 0 bridgehead atoms. The van der Waals surface area contributed by atoms with Gasteiger partial charge in [0.05, 0.1) is 30.2 Å². The second-order valence-corrected chi connectivity index (χ2v) is 10.9. The molecule has 9 rings (SSSR count). The van der Waals surface area contributed by atoms with Crippen molar-refractivity contribution < 1.29 is 19.2 Å². The van der Waals surface area contributed by atoms with Crippen molar-refractivity contribution in [1.82, 2.24) is 19.5 Å². The van der Waals surface area contributed by atoms with Crippen LogP contribution in [0.25, 0.3) is 81.8 Å². The Balaban J connectivity index is 1.36. The van der Waals surface area contributed by atoms with E-state index in [1.54, 1.807) is 15.9 Å². The van der Waals surface area contributed by atoms with Crippen LogP contribution in [-0.2, 0) is 0 Å². The van der Waals surface area contributed by atoms with Crippen LogP contribution < -0.4 is 0 Å². The van der Waals surface area contributed by atoms with Crippen LogP contribution in [0.4, 0.5) is 0 Å². The van der Waals surface area contributed by atoms with Crippen molar-refractivity contribution in [2.45, 2.75) is 0 Å². The van der Waals surface area contributed by atoms with Crippen molar-refractivity contribution in [2.75, 3.05) is 0 Å². The normalized spacial score (nSPS) is 16.1. The number of hydrogen-bond acceptors (Lipinski definition) is 4. The number of aromatic nitrogens is 4. The topological polar surface area (TPSA) is 43.6 Å². The maximum absolute atomic E-state index is 9.40. The lowest BCUT2D eigenvalue weighted by atomic mass is 10.1. The first-order valence-electron chi connectivity index (χ1n) is 20.5. The summed E-state index contributed by atoms with van der Waals surface area (Å²) in [5.41, 5.74) is -0.316. The van der Waals surface area contributed by atoms with Gasteiger partial charge in [0.15, 0.2) is 17.5 Å². The van der Waals surface area contributed by atoms with Gasteiger partial charge in [-0.3, -0.25) is 0 Å². The smallest absolute Gasteiger partial charge is 0.164 e. The summed E-state index contributed by atoms with van der Waals surface area (Å²) in [5.74, 6) is -1.73. The molecule has 0 unspecified atom stereocenters. The Bertz CT molecular complexity index is 3130. The van der Waals surface area contributed by atoms with E-state index in [1.165, 1.54) is 0 Å². The standard InChI is InChI=1S/C39H24N4S/c1-3-11-25(12-4-1)37-40-38(26-13-5-2-6-14-26)42-39(41-37)27-19-21-28(22-20-27)43-33-17-9-7-15-29(33)31-24-36-32(23-34(31)43)30-16-8-10-18-35(30)44-36/h1-24H/i1D,2D,3D,4D,5D,6D,11D,12D,13D,14D,19D,20D,21D,22D. The van der Waals surface area contributed by atoms with Crippen LogP contribution in [0.15, 0.2) is 145 Å². The Labute approximate surface area is 277 Å². The van der Waals surface area contributed by atoms with Crippen LogP contribution in [0, 0.1) is 0 Å². The van der Waals surface area contributed by atoms with E-state index in [9.17, 15) is 5.48 Å². The average molecular weight is 595 g/mol. The van der Waals surface area contributed by atoms with Gasteiger partial charge in [0.1, 0.15) is 0 Å².